The van der Waals surface area contributed by atoms with E-state index in [1.54, 1.807) is 7.11 Å². The molecule has 2 N–H and O–H groups in total. The topological polar surface area (TPSA) is 63.2 Å². The fraction of sp³-hybridized carbons (Fsp3) is 0.444. The van der Waals surface area contributed by atoms with Crippen molar-refractivity contribution in [3.63, 3.8) is 0 Å². The molecule has 122 valence electrons. The molecular weight excluding hydrogens is 290 g/mol. The molecule has 0 spiro atoms. The molecule has 3 rings (SSSR count). The second-order valence-electron chi connectivity index (χ2n) is 6.14. The van der Waals surface area contributed by atoms with E-state index in [1.165, 1.54) is 0 Å². The Hall–Kier alpha value is -2.14. The average molecular weight is 313 g/mol. The number of carbonyl (C=O) groups is 1. The number of aromatic nitrogens is 1. The third kappa shape index (κ3) is 3.29. The SMILES string of the molecule is COc1ccc2cc(C(=O)NC3CCCNC3C)c(C)nc2c1. The van der Waals surface area contributed by atoms with Gasteiger partial charge in [-0.3, -0.25) is 9.78 Å². The van der Waals surface area contributed by atoms with Crippen LogP contribution >= 0.6 is 0 Å². The summed E-state index contributed by atoms with van der Waals surface area (Å²) >= 11 is 0. The highest BCUT2D eigenvalue weighted by Crippen LogP contribution is 2.22. The Morgan fingerprint density at radius 1 is 1.39 bits per heavy atom. The van der Waals surface area contributed by atoms with Crippen LogP contribution in [0.15, 0.2) is 24.3 Å². The molecule has 5 nitrogen and oxygen atoms in total. The van der Waals surface area contributed by atoms with Crippen molar-refractivity contribution in [1.82, 2.24) is 15.6 Å². The normalized spacial score (nSPS) is 21.2. The summed E-state index contributed by atoms with van der Waals surface area (Å²) in [6.45, 7) is 5.00. The van der Waals surface area contributed by atoms with Gasteiger partial charge in [0.2, 0.25) is 0 Å². The highest BCUT2D eigenvalue weighted by atomic mass is 16.5. The van der Waals surface area contributed by atoms with Crippen molar-refractivity contribution >= 4 is 16.8 Å². The summed E-state index contributed by atoms with van der Waals surface area (Å²) < 4.78 is 5.23. The van der Waals surface area contributed by atoms with Crippen LogP contribution in [0, 0.1) is 6.92 Å². The zero-order valence-corrected chi connectivity index (χ0v) is 13.8. The first-order valence-electron chi connectivity index (χ1n) is 8.08. The van der Waals surface area contributed by atoms with Crippen molar-refractivity contribution in [2.75, 3.05) is 13.7 Å². The molecule has 1 aliphatic rings. The van der Waals surface area contributed by atoms with Crippen molar-refractivity contribution in [2.24, 2.45) is 0 Å². The molecule has 1 fully saturated rings. The number of methoxy groups -OCH3 is 1. The molecule has 2 unspecified atom stereocenters. The number of benzene rings is 1. The molecule has 1 amide bonds. The average Bonchev–Trinajstić information content (AvgIpc) is 2.55. The number of aryl methyl sites for hydroxylation is 1. The number of hydrogen-bond donors (Lipinski definition) is 2. The maximum Gasteiger partial charge on any atom is 0.253 e. The fourth-order valence-electron chi connectivity index (χ4n) is 3.09. The number of nitrogens with one attached hydrogen (secondary N) is 2. The standard InChI is InChI=1S/C18H23N3O2/c1-11-15(18(22)21-16-5-4-8-19-12(16)2)9-13-6-7-14(23-3)10-17(13)20-11/h6-7,9-10,12,16,19H,4-5,8H2,1-3H3,(H,21,22). The van der Waals surface area contributed by atoms with Crippen molar-refractivity contribution in [3.05, 3.63) is 35.5 Å². The number of piperidine rings is 1. The smallest absolute Gasteiger partial charge is 0.253 e. The van der Waals surface area contributed by atoms with Gasteiger partial charge in [0.05, 0.1) is 23.9 Å². The van der Waals surface area contributed by atoms with E-state index in [-0.39, 0.29) is 11.9 Å². The van der Waals surface area contributed by atoms with Crippen molar-refractivity contribution < 1.29 is 9.53 Å². The summed E-state index contributed by atoms with van der Waals surface area (Å²) in [7, 11) is 1.63. The van der Waals surface area contributed by atoms with E-state index < -0.39 is 0 Å². The molecule has 0 saturated carbocycles. The quantitative estimate of drug-likeness (QED) is 0.913. The van der Waals surface area contributed by atoms with E-state index in [1.807, 2.05) is 31.2 Å². The van der Waals surface area contributed by atoms with Crippen molar-refractivity contribution in [1.29, 1.82) is 0 Å². The van der Waals surface area contributed by atoms with Crippen molar-refractivity contribution in [3.8, 4) is 5.75 Å². The molecule has 1 saturated heterocycles. The molecule has 2 heterocycles. The maximum atomic E-state index is 12.6. The lowest BCUT2D eigenvalue weighted by Crippen LogP contribution is -2.52. The van der Waals surface area contributed by atoms with Gasteiger partial charge in [-0.15, -0.1) is 0 Å². The first-order chi connectivity index (χ1) is 11.1. The predicted octanol–water partition coefficient (Wildman–Crippen LogP) is 2.42. The zero-order valence-electron chi connectivity index (χ0n) is 13.8. The Bertz CT molecular complexity index is 730. The Morgan fingerprint density at radius 3 is 2.96 bits per heavy atom. The minimum Gasteiger partial charge on any atom is -0.497 e. The van der Waals surface area contributed by atoms with Crippen LogP contribution in [0.5, 0.6) is 5.75 Å². The molecular formula is C18H23N3O2. The highest BCUT2D eigenvalue weighted by molar-refractivity contribution is 5.99. The van der Waals surface area contributed by atoms with Crippen LogP contribution in [0.4, 0.5) is 0 Å². The summed E-state index contributed by atoms with van der Waals surface area (Å²) in [4.78, 5) is 17.2. The number of ether oxygens (including phenoxy) is 1. The van der Waals surface area contributed by atoms with Gasteiger partial charge in [0.25, 0.3) is 5.91 Å². The zero-order chi connectivity index (χ0) is 16.4. The van der Waals surface area contributed by atoms with Gasteiger partial charge in [-0.25, -0.2) is 0 Å². The molecule has 2 atom stereocenters. The molecule has 1 aliphatic heterocycles. The van der Waals surface area contributed by atoms with Gasteiger partial charge in [-0.1, -0.05) is 0 Å². The van der Waals surface area contributed by atoms with Crippen molar-refractivity contribution in [2.45, 2.75) is 38.8 Å². The minimum absolute atomic E-state index is 0.0479. The summed E-state index contributed by atoms with van der Waals surface area (Å²) in [6, 6.07) is 8.08. The number of carbonyl (C=O) groups excluding carboxylic acids is 1. The van der Waals surface area contributed by atoms with Crippen LogP contribution < -0.4 is 15.4 Å². The molecule has 1 aromatic carbocycles. The van der Waals surface area contributed by atoms with Gasteiger partial charge >= 0.3 is 0 Å². The molecule has 1 aromatic heterocycles. The van der Waals surface area contributed by atoms with Gasteiger partial charge < -0.3 is 15.4 Å². The van der Waals surface area contributed by atoms with Crippen LogP contribution in [0.1, 0.15) is 35.8 Å². The first kappa shape index (κ1) is 15.7. The lowest BCUT2D eigenvalue weighted by atomic mass is 9.99. The Kier molecular flexibility index (Phi) is 4.48. The van der Waals surface area contributed by atoms with E-state index in [0.717, 1.165) is 41.7 Å². The maximum absolute atomic E-state index is 12.6. The lowest BCUT2D eigenvalue weighted by molar-refractivity contribution is 0.0919. The summed E-state index contributed by atoms with van der Waals surface area (Å²) in [5.74, 6) is 0.719. The van der Waals surface area contributed by atoms with E-state index in [4.69, 9.17) is 4.74 Å². The van der Waals surface area contributed by atoms with Gasteiger partial charge in [-0.2, -0.15) is 0 Å². The molecule has 0 aliphatic carbocycles. The Morgan fingerprint density at radius 2 is 2.22 bits per heavy atom. The van der Waals surface area contributed by atoms with Gasteiger partial charge in [0.15, 0.2) is 0 Å². The second kappa shape index (κ2) is 6.54. The van der Waals surface area contributed by atoms with E-state index >= 15 is 0 Å². The van der Waals surface area contributed by atoms with Gasteiger partial charge in [-0.05, 0) is 51.4 Å². The molecule has 5 heteroatoms. The molecule has 23 heavy (non-hydrogen) atoms. The number of nitrogens with zero attached hydrogens (tertiary/aromatic N) is 1. The molecule has 2 aromatic rings. The Balaban J connectivity index is 1.86. The summed E-state index contributed by atoms with van der Waals surface area (Å²) in [5.41, 5.74) is 2.21. The lowest BCUT2D eigenvalue weighted by Gasteiger charge is -2.30. The second-order valence-corrected chi connectivity index (χ2v) is 6.14. The van der Waals surface area contributed by atoms with Gasteiger partial charge in [0.1, 0.15) is 5.75 Å². The van der Waals surface area contributed by atoms with Crippen LogP contribution in [0.25, 0.3) is 10.9 Å². The Labute approximate surface area is 136 Å². The van der Waals surface area contributed by atoms with Crippen LogP contribution in [0.3, 0.4) is 0 Å². The number of rotatable bonds is 3. The molecule has 0 bridgehead atoms. The van der Waals surface area contributed by atoms with E-state index in [0.29, 0.717) is 11.6 Å². The first-order valence-corrected chi connectivity index (χ1v) is 8.08. The number of hydrogen-bond acceptors (Lipinski definition) is 4. The third-order valence-electron chi connectivity index (χ3n) is 4.54. The van der Waals surface area contributed by atoms with E-state index in [2.05, 4.69) is 22.5 Å². The van der Waals surface area contributed by atoms with E-state index in [9.17, 15) is 4.79 Å². The van der Waals surface area contributed by atoms with Crippen LogP contribution in [-0.2, 0) is 0 Å². The summed E-state index contributed by atoms with van der Waals surface area (Å²) in [5, 5.41) is 7.49. The number of fused-ring (bicyclic) bond motifs is 1. The third-order valence-corrected chi connectivity index (χ3v) is 4.54. The predicted molar refractivity (Wildman–Crippen MR) is 91.0 cm³/mol. The highest BCUT2D eigenvalue weighted by Gasteiger charge is 2.23. The number of amides is 1. The monoisotopic (exact) mass is 313 g/mol. The largest absolute Gasteiger partial charge is 0.497 e. The van der Waals surface area contributed by atoms with Gasteiger partial charge in [0, 0.05) is 23.5 Å². The summed E-state index contributed by atoms with van der Waals surface area (Å²) in [6.07, 6.45) is 2.10. The number of pyridine rings is 1. The van der Waals surface area contributed by atoms with Crippen LogP contribution in [0.2, 0.25) is 0 Å². The fourth-order valence-corrected chi connectivity index (χ4v) is 3.09. The molecule has 0 radical (unpaired) electrons. The van der Waals surface area contributed by atoms with Crippen LogP contribution in [-0.4, -0.2) is 36.6 Å². The minimum atomic E-state index is -0.0479.